The molecule has 2 amide bonds. The molecule has 2 aliphatic rings. The molecule has 1 saturated heterocycles. The van der Waals surface area contributed by atoms with Gasteiger partial charge in [-0.15, -0.1) is 5.23 Å². The van der Waals surface area contributed by atoms with Crippen molar-refractivity contribution in [2.75, 3.05) is 41.6 Å². The lowest BCUT2D eigenvalue weighted by Crippen LogP contribution is -2.52. The van der Waals surface area contributed by atoms with E-state index in [0.29, 0.717) is 11.4 Å². The molecule has 3 N–H and O–H groups in total. The van der Waals surface area contributed by atoms with Crippen molar-refractivity contribution < 1.29 is 24.7 Å². The Morgan fingerprint density at radius 3 is 2.61 bits per heavy atom. The van der Waals surface area contributed by atoms with Gasteiger partial charge in [0.15, 0.2) is 6.10 Å². The molecule has 0 radical (unpaired) electrons. The van der Waals surface area contributed by atoms with Crippen molar-refractivity contribution >= 4 is 28.9 Å². The second-order valence-electron chi connectivity index (χ2n) is 7.73. The maximum absolute atomic E-state index is 13.0. The number of anilines is 3. The summed E-state index contributed by atoms with van der Waals surface area (Å²) in [6.07, 6.45) is 2.47. The molecule has 9 heteroatoms. The van der Waals surface area contributed by atoms with Crippen molar-refractivity contribution in [3.8, 4) is 5.75 Å². The topological polar surface area (TPSA) is 106 Å². The first-order valence-electron chi connectivity index (χ1n) is 10.4. The van der Waals surface area contributed by atoms with Crippen molar-refractivity contribution in [1.29, 1.82) is 0 Å². The van der Waals surface area contributed by atoms with Crippen molar-refractivity contribution in [2.45, 2.75) is 25.4 Å². The molecule has 2 aromatic carbocycles. The summed E-state index contributed by atoms with van der Waals surface area (Å²) in [5, 5.41) is 21.1. The van der Waals surface area contributed by atoms with Gasteiger partial charge in [0.2, 0.25) is 5.91 Å². The summed E-state index contributed by atoms with van der Waals surface area (Å²) in [5.74, 6) is 0.244. The highest BCUT2D eigenvalue weighted by Crippen LogP contribution is 2.33. The normalized spacial score (nSPS) is 18.1. The number of rotatable bonds is 5. The van der Waals surface area contributed by atoms with E-state index in [1.807, 2.05) is 28.0 Å². The van der Waals surface area contributed by atoms with Gasteiger partial charge < -0.3 is 19.9 Å². The van der Waals surface area contributed by atoms with Crippen LogP contribution in [0.15, 0.2) is 48.5 Å². The maximum Gasteiger partial charge on any atom is 0.265 e. The van der Waals surface area contributed by atoms with Crippen LogP contribution in [0, 0.1) is 0 Å². The third-order valence-corrected chi connectivity index (χ3v) is 5.50. The number of ether oxygens (including phenoxy) is 1. The molecule has 4 rings (SSSR count). The van der Waals surface area contributed by atoms with Gasteiger partial charge >= 0.3 is 0 Å². The molecule has 0 aromatic heterocycles. The first-order valence-corrected chi connectivity index (χ1v) is 10.4. The molecule has 2 aliphatic heterocycles. The Morgan fingerprint density at radius 2 is 1.84 bits per heavy atom. The van der Waals surface area contributed by atoms with Gasteiger partial charge in [-0.3, -0.25) is 20.0 Å². The van der Waals surface area contributed by atoms with Crippen LogP contribution in [-0.4, -0.2) is 59.4 Å². The number of para-hydroxylation sites is 2. The number of piperidine rings is 1. The lowest BCUT2D eigenvalue weighted by molar-refractivity contribution is -0.139. The number of fused-ring (bicyclic) bond motifs is 1. The maximum atomic E-state index is 13.0. The Hall–Kier alpha value is -3.30. The highest BCUT2D eigenvalue weighted by molar-refractivity contribution is 5.95. The SMILES string of the molecule is O=C(CN1CC(C(=O)N2CCCCC2)Oc2ccccc21)Nc1cccc(N(O)O)c1. The Kier molecular flexibility index (Phi) is 6.24. The second-order valence-corrected chi connectivity index (χ2v) is 7.73. The minimum Gasteiger partial charge on any atom is -0.477 e. The van der Waals surface area contributed by atoms with E-state index in [0.717, 1.165) is 38.0 Å². The van der Waals surface area contributed by atoms with Crippen molar-refractivity contribution in [3.05, 3.63) is 48.5 Å². The van der Waals surface area contributed by atoms with Gasteiger partial charge in [-0.1, -0.05) is 18.2 Å². The van der Waals surface area contributed by atoms with Gasteiger partial charge in [-0.05, 0) is 49.6 Å². The van der Waals surface area contributed by atoms with Crippen LogP contribution in [0.1, 0.15) is 19.3 Å². The number of hydrogen-bond donors (Lipinski definition) is 3. The molecule has 1 fully saturated rings. The molecular weight excluding hydrogens is 400 g/mol. The third kappa shape index (κ3) is 4.89. The van der Waals surface area contributed by atoms with E-state index >= 15 is 0 Å². The molecule has 0 spiro atoms. The smallest absolute Gasteiger partial charge is 0.265 e. The van der Waals surface area contributed by atoms with Crippen molar-refractivity contribution in [3.63, 3.8) is 0 Å². The van der Waals surface area contributed by atoms with Gasteiger partial charge in [0.25, 0.3) is 5.91 Å². The molecule has 164 valence electrons. The van der Waals surface area contributed by atoms with Gasteiger partial charge in [-0.2, -0.15) is 0 Å². The minimum absolute atomic E-state index is 0.00925. The summed E-state index contributed by atoms with van der Waals surface area (Å²) in [4.78, 5) is 29.4. The zero-order chi connectivity index (χ0) is 21.8. The fourth-order valence-electron chi connectivity index (χ4n) is 3.99. The number of benzene rings is 2. The number of nitrogens with zero attached hydrogens (tertiary/aromatic N) is 3. The van der Waals surface area contributed by atoms with Crippen LogP contribution in [-0.2, 0) is 9.59 Å². The van der Waals surface area contributed by atoms with Gasteiger partial charge in [0.05, 0.1) is 24.5 Å². The number of hydrogen-bond acceptors (Lipinski definition) is 7. The van der Waals surface area contributed by atoms with Crippen LogP contribution in [0.4, 0.5) is 17.1 Å². The number of carbonyl (C=O) groups excluding carboxylic acids is 2. The highest BCUT2D eigenvalue weighted by Gasteiger charge is 2.34. The predicted octanol–water partition coefficient (Wildman–Crippen LogP) is 2.49. The predicted molar refractivity (Wildman–Crippen MR) is 115 cm³/mol. The monoisotopic (exact) mass is 426 g/mol. The van der Waals surface area contributed by atoms with Gasteiger partial charge in [0, 0.05) is 18.8 Å². The minimum atomic E-state index is -0.665. The second kappa shape index (κ2) is 9.23. The molecular formula is C22H26N4O5. The van der Waals surface area contributed by atoms with Gasteiger partial charge in [-0.25, -0.2) is 0 Å². The average molecular weight is 426 g/mol. The largest absolute Gasteiger partial charge is 0.477 e. The zero-order valence-corrected chi connectivity index (χ0v) is 17.1. The molecule has 1 unspecified atom stereocenters. The van der Waals surface area contributed by atoms with Crippen molar-refractivity contribution in [1.82, 2.24) is 4.90 Å². The third-order valence-electron chi connectivity index (χ3n) is 5.50. The summed E-state index contributed by atoms with van der Waals surface area (Å²) in [5.41, 5.74) is 1.31. The summed E-state index contributed by atoms with van der Waals surface area (Å²) >= 11 is 0. The molecule has 2 aromatic rings. The zero-order valence-electron chi connectivity index (χ0n) is 17.1. The average Bonchev–Trinajstić information content (AvgIpc) is 2.79. The van der Waals surface area contributed by atoms with E-state index in [2.05, 4.69) is 5.32 Å². The van der Waals surface area contributed by atoms with E-state index < -0.39 is 6.10 Å². The first-order chi connectivity index (χ1) is 15.0. The number of likely N-dealkylation sites (tertiary alicyclic amines) is 1. The summed E-state index contributed by atoms with van der Waals surface area (Å²) in [7, 11) is 0. The van der Waals surface area contributed by atoms with Crippen LogP contribution in [0.2, 0.25) is 0 Å². The molecule has 0 saturated carbocycles. The van der Waals surface area contributed by atoms with Crippen LogP contribution in [0.3, 0.4) is 0 Å². The molecule has 9 nitrogen and oxygen atoms in total. The van der Waals surface area contributed by atoms with Crippen LogP contribution < -0.4 is 20.2 Å². The van der Waals surface area contributed by atoms with Crippen LogP contribution in [0.5, 0.6) is 5.75 Å². The van der Waals surface area contributed by atoms with E-state index in [1.165, 1.54) is 12.1 Å². The standard InChI is InChI=1S/C22H26N4O5/c27-21(23-16-7-6-8-17(13-16)26(29)30)15-25-14-20(22(28)24-11-4-1-5-12-24)31-19-10-3-2-9-18(19)25/h2-3,6-10,13,20,29-30H,1,4-5,11-12,14-15H2,(H,23,27). The fourth-order valence-corrected chi connectivity index (χ4v) is 3.99. The van der Waals surface area contributed by atoms with Crippen LogP contribution >= 0.6 is 0 Å². The van der Waals surface area contributed by atoms with Gasteiger partial charge in [0.1, 0.15) is 5.75 Å². The van der Waals surface area contributed by atoms with Crippen LogP contribution in [0.25, 0.3) is 0 Å². The highest BCUT2D eigenvalue weighted by atomic mass is 16.8. The molecule has 1 atom stereocenters. The number of nitrogens with one attached hydrogen (secondary N) is 1. The number of amides is 2. The van der Waals surface area contributed by atoms with E-state index in [9.17, 15) is 9.59 Å². The molecule has 2 heterocycles. The Morgan fingerprint density at radius 1 is 1.06 bits per heavy atom. The summed E-state index contributed by atoms with van der Waals surface area (Å²) < 4.78 is 5.99. The Labute approximate surface area is 180 Å². The molecule has 0 aliphatic carbocycles. The lowest BCUT2D eigenvalue weighted by atomic mass is 10.1. The number of carbonyl (C=O) groups is 2. The lowest BCUT2D eigenvalue weighted by Gasteiger charge is -2.38. The van der Waals surface area contributed by atoms with E-state index in [1.54, 1.807) is 18.2 Å². The summed E-state index contributed by atoms with van der Waals surface area (Å²) in [6, 6.07) is 13.5. The first kappa shape index (κ1) is 21.0. The Bertz CT molecular complexity index is 945. The molecule has 0 bridgehead atoms. The summed E-state index contributed by atoms with van der Waals surface area (Å²) in [6.45, 7) is 1.78. The quantitative estimate of drug-likeness (QED) is 0.631. The van der Waals surface area contributed by atoms with E-state index in [4.69, 9.17) is 15.2 Å². The molecule has 31 heavy (non-hydrogen) atoms. The van der Waals surface area contributed by atoms with Crippen molar-refractivity contribution in [2.24, 2.45) is 0 Å². The van der Waals surface area contributed by atoms with E-state index in [-0.39, 0.29) is 35.8 Å². The Balaban J connectivity index is 1.47. The fraction of sp³-hybridized carbons (Fsp3) is 0.364.